The lowest BCUT2D eigenvalue weighted by atomic mass is 10.00. The lowest BCUT2D eigenvalue weighted by Gasteiger charge is -2.20. The highest BCUT2D eigenvalue weighted by atomic mass is 16.3. The van der Waals surface area contributed by atoms with E-state index in [1.807, 2.05) is 6.92 Å². The number of hydrogen-bond donors (Lipinski definition) is 1. The molecule has 1 aromatic heterocycles. The molecule has 0 aliphatic heterocycles. The zero-order valence-corrected chi connectivity index (χ0v) is 7.78. The first kappa shape index (κ1) is 9.19. The second-order valence-electron chi connectivity index (χ2n) is 3.23. The molecule has 4 heteroatoms. The summed E-state index contributed by atoms with van der Waals surface area (Å²) in [6.07, 6.45) is 3.10. The molecule has 0 saturated carbocycles. The monoisotopic (exact) mass is 169 g/mol. The minimum absolute atomic E-state index is 0.629. The molecule has 12 heavy (non-hydrogen) atoms. The zero-order valence-electron chi connectivity index (χ0n) is 7.78. The van der Waals surface area contributed by atoms with Gasteiger partial charge < -0.3 is 5.11 Å². The predicted octanol–water partition coefficient (Wildman–Crippen LogP) is 0.823. The Labute approximate surface area is 72.2 Å². The largest absolute Gasteiger partial charge is 0.382 e. The van der Waals surface area contributed by atoms with Crippen LogP contribution in [0.2, 0.25) is 0 Å². The first-order valence-corrected chi connectivity index (χ1v) is 4.15. The van der Waals surface area contributed by atoms with E-state index in [-0.39, 0.29) is 0 Å². The first-order chi connectivity index (χ1) is 5.58. The fraction of sp³-hybridized carbons (Fsp3) is 0.750. The van der Waals surface area contributed by atoms with Gasteiger partial charge in [-0.1, -0.05) is 13.3 Å². The normalized spacial score (nSPS) is 16.0. The van der Waals surface area contributed by atoms with Crippen LogP contribution in [0.15, 0.2) is 6.33 Å². The highest BCUT2D eigenvalue weighted by molar-refractivity contribution is 4.97. The van der Waals surface area contributed by atoms with Crippen molar-refractivity contribution in [2.75, 3.05) is 0 Å². The minimum atomic E-state index is -0.847. The highest BCUT2D eigenvalue weighted by Crippen LogP contribution is 2.22. The molecule has 1 aromatic rings. The third-order valence-corrected chi connectivity index (χ3v) is 1.93. The van der Waals surface area contributed by atoms with Crippen LogP contribution in [0.25, 0.3) is 0 Å². The number of hydrogen-bond acceptors (Lipinski definition) is 3. The van der Waals surface area contributed by atoms with Crippen LogP contribution < -0.4 is 0 Å². The van der Waals surface area contributed by atoms with E-state index in [1.54, 1.807) is 18.7 Å². The molecular formula is C8H15N3O. The van der Waals surface area contributed by atoms with Crippen molar-refractivity contribution in [2.24, 2.45) is 7.05 Å². The number of nitrogens with zero attached hydrogens (tertiary/aromatic N) is 3. The Kier molecular flexibility index (Phi) is 2.47. The van der Waals surface area contributed by atoms with E-state index in [4.69, 9.17) is 0 Å². The van der Waals surface area contributed by atoms with Gasteiger partial charge in [0, 0.05) is 7.05 Å². The quantitative estimate of drug-likeness (QED) is 0.729. The lowest BCUT2D eigenvalue weighted by Crippen LogP contribution is -2.25. The fourth-order valence-corrected chi connectivity index (χ4v) is 1.38. The van der Waals surface area contributed by atoms with Crippen molar-refractivity contribution in [3.05, 3.63) is 12.2 Å². The second-order valence-corrected chi connectivity index (χ2v) is 3.23. The molecule has 4 nitrogen and oxygen atoms in total. The topological polar surface area (TPSA) is 50.9 Å². The molecule has 0 saturated heterocycles. The van der Waals surface area contributed by atoms with E-state index < -0.39 is 5.60 Å². The van der Waals surface area contributed by atoms with Crippen LogP contribution >= 0.6 is 0 Å². The van der Waals surface area contributed by atoms with Gasteiger partial charge in [-0.05, 0) is 13.3 Å². The Bertz CT molecular complexity index is 255. The molecule has 0 spiro atoms. The Morgan fingerprint density at radius 3 is 2.75 bits per heavy atom. The van der Waals surface area contributed by atoms with Gasteiger partial charge in [0.15, 0.2) is 5.82 Å². The van der Waals surface area contributed by atoms with E-state index in [0.717, 1.165) is 6.42 Å². The van der Waals surface area contributed by atoms with Crippen LogP contribution in [0, 0.1) is 0 Å². The van der Waals surface area contributed by atoms with E-state index >= 15 is 0 Å². The van der Waals surface area contributed by atoms with Crippen molar-refractivity contribution in [1.29, 1.82) is 0 Å². The number of aromatic nitrogens is 3. The summed E-state index contributed by atoms with van der Waals surface area (Å²) in [5.74, 6) is 0.629. The SMILES string of the molecule is CCCC(C)(O)c1ncnn1C. The molecular weight excluding hydrogens is 154 g/mol. The van der Waals surface area contributed by atoms with Gasteiger partial charge in [-0.2, -0.15) is 5.10 Å². The molecule has 1 unspecified atom stereocenters. The maximum atomic E-state index is 9.93. The van der Waals surface area contributed by atoms with Crippen LogP contribution in [0.3, 0.4) is 0 Å². The predicted molar refractivity (Wildman–Crippen MR) is 45.5 cm³/mol. The fourth-order valence-electron chi connectivity index (χ4n) is 1.38. The zero-order chi connectivity index (χ0) is 9.19. The summed E-state index contributed by atoms with van der Waals surface area (Å²) in [4.78, 5) is 4.01. The molecule has 0 bridgehead atoms. The number of aliphatic hydroxyl groups is 1. The molecule has 1 heterocycles. The van der Waals surface area contributed by atoms with Crippen molar-refractivity contribution < 1.29 is 5.11 Å². The van der Waals surface area contributed by atoms with Gasteiger partial charge in [0.2, 0.25) is 0 Å². The van der Waals surface area contributed by atoms with E-state index in [0.29, 0.717) is 12.2 Å². The third kappa shape index (κ3) is 1.64. The standard InChI is InChI=1S/C8H15N3O/c1-4-5-8(2,12)7-9-6-10-11(7)3/h6,12H,4-5H2,1-3H3. The number of aryl methyl sites for hydroxylation is 1. The van der Waals surface area contributed by atoms with Crippen LogP contribution in [0.4, 0.5) is 0 Å². The average molecular weight is 169 g/mol. The summed E-state index contributed by atoms with van der Waals surface area (Å²) >= 11 is 0. The molecule has 0 radical (unpaired) electrons. The Morgan fingerprint density at radius 1 is 1.67 bits per heavy atom. The van der Waals surface area contributed by atoms with Gasteiger partial charge in [-0.25, -0.2) is 4.98 Å². The van der Waals surface area contributed by atoms with Gasteiger partial charge in [-0.15, -0.1) is 0 Å². The Morgan fingerprint density at radius 2 is 2.33 bits per heavy atom. The van der Waals surface area contributed by atoms with Crippen molar-refractivity contribution in [1.82, 2.24) is 14.8 Å². The van der Waals surface area contributed by atoms with Crippen LogP contribution in [-0.2, 0) is 12.6 Å². The van der Waals surface area contributed by atoms with Gasteiger partial charge in [0.05, 0.1) is 0 Å². The van der Waals surface area contributed by atoms with Crippen LogP contribution in [0.5, 0.6) is 0 Å². The summed E-state index contributed by atoms with van der Waals surface area (Å²) < 4.78 is 1.61. The third-order valence-electron chi connectivity index (χ3n) is 1.93. The van der Waals surface area contributed by atoms with Gasteiger partial charge in [0.25, 0.3) is 0 Å². The molecule has 1 atom stereocenters. The number of rotatable bonds is 3. The summed E-state index contributed by atoms with van der Waals surface area (Å²) in [6, 6.07) is 0. The summed E-state index contributed by atoms with van der Waals surface area (Å²) in [5.41, 5.74) is -0.847. The van der Waals surface area contributed by atoms with E-state index in [9.17, 15) is 5.11 Å². The van der Waals surface area contributed by atoms with Crippen molar-refractivity contribution >= 4 is 0 Å². The summed E-state index contributed by atoms with van der Waals surface area (Å²) in [5, 5.41) is 13.8. The molecule has 0 aromatic carbocycles. The molecule has 68 valence electrons. The summed E-state index contributed by atoms with van der Waals surface area (Å²) in [7, 11) is 1.78. The van der Waals surface area contributed by atoms with Gasteiger partial charge in [0.1, 0.15) is 11.9 Å². The van der Waals surface area contributed by atoms with E-state index in [2.05, 4.69) is 10.1 Å². The second kappa shape index (κ2) is 3.23. The first-order valence-electron chi connectivity index (χ1n) is 4.15. The summed E-state index contributed by atoms with van der Waals surface area (Å²) in [6.45, 7) is 3.80. The van der Waals surface area contributed by atoms with Crippen molar-refractivity contribution in [2.45, 2.75) is 32.3 Å². The highest BCUT2D eigenvalue weighted by Gasteiger charge is 2.26. The Hall–Kier alpha value is -0.900. The van der Waals surface area contributed by atoms with Crippen molar-refractivity contribution in [3.8, 4) is 0 Å². The molecule has 1 N–H and O–H groups in total. The van der Waals surface area contributed by atoms with Crippen LogP contribution in [-0.4, -0.2) is 19.9 Å². The molecule has 0 fully saturated rings. The molecule has 0 aliphatic rings. The van der Waals surface area contributed by atoms with Gasteiger partial charge >= 0.3 is 0 Å². The minimum Gasteiger partial charge on any atom is -0.382 e. The Balaban J connectivity index is 2.88. The molecule has 0 amide bonds. The van der Waals surface area contributed by atoms with Crippen molar-refractivity contribution in [3.63, 3.8) is 0 Å². The maximum absolute atomic E-state index is 9.93. The smallest absolute Gasteiger partial charge is 0.158 e. The van der Waals surface area contributed by atoms with Crippen LogP contribution in [0.1, 0.15) is 32.5 Å². The van der Waals surface area contributed by atoms with E-state index in [1.165, 1.54) is 6.33 Å². The molecule has 1 rings (SSSR count). The van der Waals surface area contributed by atoms with Gasteiger partial charge in [-0.3, -0.25) is 4.68 Å². The molecule has 0 aliphatic carbocycles. The maximum Gasteiger partial charge on any atom is 0.158 e. The lowest BCUT2D eigenvalue weighted by molar-refractivity contribution is 0.0340. The average Bonchev–Trinajstić information content (AvgIpc) is 2.35.